The van der Waals surface area contributed by atoms with E-state index in [1.54, 1.807) is 37.3 Å². The van der Waals surface area contributed by atoms with Crippen LogP contribution >= 0.6 is 15.9 Å². The molecular formula is C16H16BrNO3. The summed E-state index contributed by atoms with van der Waals surface area (Å²) in [6, 6.07) is 12.3. The van der Waals surface area contributed by atoms with E-state index in [2.05, 4.69) is 21.2 Å². The lowest BCUT2D eigenvalue weighted by Gasteiger charge is -2.10. The van der Waals surface area contributed by atoms with Crippen LogP contribution in [0, 0.1) is 0 Å². The first kappa shape index (κ1) is 15.4. The van der Waals surface area contributed by atoms with E-state index in [-0.39, 0.29) is 11.7 Å². The summed E-state index contributed by atoms with van der Waals surface area (Å²) in [6.07, 6.45) is 0. The number of ether oxygens (including phenoxy) is 1. The number of halogens is 1. The maximum absolute atomic E-state index is 11.7. The van der Waals surface area contributed by atoms with E-state index in [4.69, 9.17) is 4.74 Å². The molecule has 5 heteroatoms. The molecular weight excluding hydrogens is 334 g/mol. The normalized spacial score (nSPS) is 10.2. The number of aromatic hydroxyl groups is 1. The quantitative estimate of drug-likeness (QED) is 0.802. The Morgan fingerprint density at radius 3 is 2.86 bits per heavy atom. The number of hydrogen-bond acceptors (Lipinski definition) is 4. The Labute approximate surface area is 131 Å². The fourth-order valence-corrected chi connectivity index (χ4v) is 2.27. The monoisotopic (exact) mass is 349 g/mol. The first-order valence-electron chi connectivity index (χ1n) is 6.58. The van der Waals surface area contributed by atoms with Gasteiger partial charge in [-0.3, -0.25) is 0 Å². The third kappa shape index (κ3) is 4.23. The van der Waals surface area contributed by atoms with Crippen molar-refractivity contribution in [3.63, 3.8) is 0 Å². The molecule has 4 nitrogen and oxygen atoms in total. The Bertz CT molecular complexity index is 643. The van der Waals surface area contributed by atoms with Crippen LogP contribution in [0.25, 0.3) is 0 Å². The van der Waals surface area contributed by atoms with Gasteiger partial charge in [0.25, 0.3) is 0 Å². The highest BCUT2D eigenvalue weighted by Crippen LogP contribution is 2.23. The predicted molar refractivity (Wildman–Crippen MR) is 85.5 cm³/mol. The van der Waals surface area contributed by atoms with E-state index < -0.39 is 0 Å². The number of hydrogen-bond donors (Lipinski definition) is 2. The zero-order chi connectivity index (χ0) is 15.2. The van der Waals surface area contributed by atoms with Gasteiger partial charge in [0, 0.05) is 22.3 Å². The van der Waals surface area contributed by atoms with E-state index in [1.165, 1.54) is 0 Å². The summed E-state index contributed by atoms with van der Waals surface area (Å²) in [4.78, 5) is 11.7. The largest absolute Gasteiger partial charge is 0.508 e. The van der Waals surface area contributed by atoms with Gasteiger partial charge in [-0.15, -0.1) is 0 Å². The van der Waals surface area contributed by atoms with Crippen molar-refractivity contribution in [2.24, 2.45) is 0 Å². The molecule has 0 aliphatic carbocycles. The molecule has 0 heterocycles. The standard InChI is InChI=1S/C16H16BrNO3/c1-2-21-16(20)11-4-3-5-14(9-11)18-10-12-8-13(17)6-7-15(12)19/h3-9,18-19H,2,10H2,1H3. The predicted octanol–water partition coefficient (Wildman–Crippen LogP) is 3.94. The van der Waals surface area contributed by atoms with Gasteiger partial charge in [-0.05, 0) is 43.3 Å². The lowest BCUT2D eigenvalue weighted by Crippen LogP contribution is -2.06. The molecule has 2 aromatic rings. The topological polar surface area (TPSA) is 58.6 Å². The third-order valence-corrected chi connectivity index (χ3v) is 3.39. The highest BCUT2D eigenvalue weighted by Gasteiger charge is 2.07. The number of esters is 1. The molecule has 0 saturated heterocycles. The van der Waals surface area contributed by atoms with Crippen molar-refractivity contribution in [1.82, 2.24) is 0 Å². The van der Waals surface area contributed by atoms with Gasteiger partial charge in [0.2, 0.25) is 0 Å². The molecule has 21 heavy (non-hydrogen) atoms. The minimum atomic E-state index is -0.341. The van der Waals surface area contributed by atoms with Crippen LogP contribution in [0.4, 0.5) is 5.69 Å². The van der Waals surface area contributed by atoms with Crippen LogP contribution in [0.1, 0.15) is 22.8 Å². The summed E-state index contributed by atoms with van der Waals surface area (Å²) >= 11 is 3.37. The summed E-state index contributed by atoms with van der Waals surface area (Å²) in [5, 5.41) is 13.0. The Morgan fingerprint density at radius 1 is 1.29 bits per heavy atom. The second kappa shape index (κ2) is 7.13. The van der Waals surface area contributed by atoms with Crippen LogP contribution in [0.3, 0.4) is 0 Å². The lowest BCUT2D eigenvalue weighted by molar-refractivity contribution is 0.0526. The average molecular weight is 350 g/mol. The summed E-state index contributed by atoms with van der Waals surface area (Å²) in [6.45, 7) is 2.58. The molecule has 2 rings (SSSR count). The number of benzene rings is 2. The van der Waals surface area contributed by atoms with Crippen LogP contribution in [0.2, 0.25) is 0 Å². The molecule has 0 amide bonds. The van der Waals surface area contributed by atoms with E-state index in [1.807, 2.05) is 12.1 Å². The van der Waals surface area contributed by atoms with Crippen LogP contribution in [0.5, 0.6) is 5.75 Å². The number of rotatable bonds is 5. The molecule has 0 unspecified atom stereocenters. The van der Waals surface area contributed by atoms with Crippen LogP contribution in [0.15, 0.2) is 46.9 Å². The number of phenolic OH excluding ortho intramolecular Hbond substituents is 1. The number of phenols is 1. The molecule has 110 valence electrons. The van der Waals surface area contributed by atoms with E-state index >= 15 is 0 Å². The second-order valence-corrected chi connectivity index (χ2v) is 5.34. The number of carbonyl (C=O) groups is 1. The minimum absolute atomic E-state index is 0.229. The van der Waals surface area contributed by atoms with Crippen molar-refractivity contribution in [3.8, 4) is 5.75 Å². The van der Waals surface area contributed by atoms with Crippen molar-refractivity contribution < 1.29 is 14.6 Å². The zero-order valence-corrected chi connectivity index (χ0v) is 13.2. The molecule has 0 aromatic heterocycles. The Morgan fingerprint density at radius 2 is 2.10 bits per heavy atom. The summed E-state index contributed by atoms with van der Waals surface area (Å²) in [5.74, 6) is -0.112. The van der Waals surface area contributed by atoms with Crippen LogP contribution in [-0.2, 0) is 11.3 Å². The van der Waals surface area contributed by atoms with Gasteiger partial charge in [0.1, 0.15) is 5.75 Å². The van der Waals surface area contributed by atoms with Crippen molar-refractivity contribution in [3.05, 3.63) is 58.1 Å². The van der Waals surface area contributed by atoms with Gasteiger partial charge in [-0.2, -0.15) is 0 Å². The van der Waals surface area contributed by atoms with Crippen molar-refractivity contribution >= 4 is 27.6 Å². The number of nitrogens with one attached hydrogen (secondary N) is 1. The molecule has 2 N–H and O–H groups in total. The van der Waals surface area contributed by atoms with Gasteiger partial charge in [-0.25, -0.2) is 4.79 Å². The van der Waals surface area contributed by atoms with Gasteiger partial charge in [0.05, 0.1) is 12.2 Å². The molecule has 0 bridgehead atoms. The average Bonchev–Trinajstić information content (AvgIpc) is 2.49. The summed E-state index contributed by atoms with van der Waals surface area (Å²) in [7, 11) is 0. The molecule has 2 aromatic carbocycles. The molecule has 0 spiro atoms. The van der Waals surface area contributed by atoms with Crippen molar-refractivity contribution in [2.75, 3.05) is 11.9 Å². The summed E-state index contributed by atoms with van der Waals surface area (Å²) < 4.78 is 5.87. The molecule has 0 fully saturated rings. The highest BCUT2D eigenvalue weighted by atomic mass is 79.9. The van der Waals surface area contributed by atoms with E-state index in [0.29, 0.717) is 18.7 Å². The minimum Gasteiger partial charge on any atom is -0.508 e. The van der Waals surface area contributed by atoms with E-state index in [9.17, 15) is 9.90 Å². The maximum Gasteiger partial charge on any atom is 0.338 e. The smallest absolute Gasteiger partial charge is 0.338 e. The van der Waals surface area contributed by atoms with Gasteiger partial charge in [0.15, 0.2) is 0 Å². The Kier molecular flexibility index (Phi) is 5.22. The Hall–Kier alpha value is -2.01. The van der Waals surface area contributed by atoms with Crippen LogP contribution in [-0.4, -0.2) is 17.7 Å². The van der Waals surface area contributed by atoms with Gasteiger partial charge in [-0.1, -0.05) is 22.0 Å². The summed E-state index contributed by atoms with van der Waals surface area (Å²) in [5.41, 5.74) is 2.06. The molecule has 0 atom stereocenters. The fourth-order valence-electron chi connectivity index (χ4n) is 1.86. The molecule has 0 radical (unpaired) electrons. The molecule has 0 aliphatic rings. The van der Waals surface area contributed by atoms with E-state index in [0.717, 1.165) is 15.7 Å². The fraction of sp³-hybridized carbons (Fsp3) is 0.188. The number of carbonyl (C=O) groups excluding carboxylic acids is 1. The maximum atomic E-state index is 11.7. The van der Waals surface area contributed by atoms with Gasteiger partial charge < -0.3 is 15.2 Å². The zero-order valence-electron chi connectivity index (χ0n) is 11.6. The number of anilines is 1. The van der Waals surface area contributed by atoms with Crippen molar-refractivity contribution in [1.29, 1.82) is 0 Å². The lowest BCUT2D eigenvalue weighted by atomic mass is 10.1. The SMILES string of the molecule is CCOC(=O)c1cccc(NCc2cc(Br)ccc2O)c1. The Balaban J connectivity index is 2.08. The first-order chi connectivity index (χ1) is 10.1. The van der Waals surface area contributed by atoms with Crippen molar-refractivity contribution in [2.45, 2.75) is 13.5 Å². The first-order valence-corrected chi connectivity index (χ1v) is 7.38. The molecule has 0 saturated carbocycles. The molecule has 0 aliphatic heterocycles. The van der Waals surface area contributed by atoms with Gasteiger partial charge >= 0.3 is 5.97 Å². The van der Waals surface area contributed by atoms with Crippen LogP contribution < -0.4 is 5.32 Å². The highest BCUT2D eigenvalue weighted by molar-refractivity contribution is 9.10. The third-order valence-electron chi connectivity index (χ3n) is 2.90. The second-order valence-electron chi connectivity index (χ2n) is 4.43.